The Kier molecular flexibility index (Phi) is 6.68. The number of nitrogens with one attached hydrogen (secondary N) is 1. The molecule has 0 aliphatic carbocycles. The molecule has 1 amide bonds. The molecule has 0 saturated carbocycles. The minimum Gasteiger partial charge on any atom is -0.338 e. The Morgan fingerprint density at radius 2 is 1.87 bits per heavy atom. The first kappa shape index (κ1) is 21.5. The lowest BCUT2D eigenvalue weighted by molar-refractivity contribution is -0.121. The number of amides is 1. The van der Waals surface area contributed by atoms with Crippen molar-refractivity contribution in [3.8, 4) is 11.4 Å². The van der Waals surface area contributed by atoms with Crippen LogP contribution in [0.1, 0.15) is 44.1 Å². The number of piperidine rings is 1. The van der Waals surface area contributed by atoms with E-state index in [2.05, 4.69) is 40.3 Å². The zero-order valence-corrected chi connectivity index (χ0v) is 18.6. The van der Waals surface area contributed by atoms with E-state index in [-0.39, 0.29) is 11.8 Å². The summed E-state index contributed by atoms with van der Waals surface area (Å²) in [4.78, 5) is 19.6. The Labute approximate surface area is 187 Å². The molecule has 0 radical (unpaired) electrons. The van der Waals surface area contributed by atoms with Gasteiger partial charge in [0.2, 0.25) is 17.6 Å². The minimum atomic E-state index is 0.0174. The standard InChI is InChI=1S/C24H27ClN4O2/c1-16(2)20-5-3-4-6-21(20)26-24(30)18-11-13-29(14-12-18)15-22-27-23(28-31-22)17-7-9-19(25)10-8-17/h3-10,16,18H,11-15H2,1-2H3,(H,26,30). The number of carbonyl (C=O) groups is 1. The molecule has 0 bridgehead atoms. The van der Waals surface area contributed by atoms with Gasteiger partial charge in [0.15, 0.2) is 0 Å². The van der Waals surface area contributed by atoms with Crippen LogP contribution in [0.2, 0.25) is 5.02 Å². The van der Waals surface area contributed by atoms with Gasteiger partial charge in [-0.25, -0.2) is 0 Å². The number of rotatable bonds is 6. The van der Waals surface area contributed by atoms with Crippen molar-refractivity contribution in [2.45, 2.75) is 39.2 Å². The van der Waals surface area contributed by atoms with Gasteiger partial charge in [-0.1, -0.05) is 48.8 Å². The molecular formula is C24H27ClN4O2. The molecule has 1 aliphatic heterocycles. The summed E-state index contributed by atoms with van der Waals surface area (Å²) in [7, 11) is 0. The van der Waals surface area contributed by atoms with Gasteiger partial charge in [-0.3, -0.25) is 9.69 Å². The largest absolute Gasteiger partial charge is 0.338 e. The Hall–Kier alpha value is -2.70. The van der Waals surface area contributed by atoms with E-state index in [0.717, 1.165) is 37.2 Å². The molecule has 162 valence electrons. The molecule has 6 nitrogen and oxygen atoms in total. The molecule has 1 aliphatic rings. The van der Waals surface area contributed by atoms with Crippen LogP contribution in [0.3, 0.4) is 0 Å². The van der Waals surface area contributed by atoms with Crippen molar-refractivity contribution in [2.75, 3.05) is 18.4 Å². The molecule has 2 aromatic carbocycles. The average Bonchev–Trinajstić information content (AvgIpc) is 3.23. The summed E-state index contributed by atoms with van der Waals surface area (Å²) in [6.45, 7) is 6.51. The lowest BCUT2D eigenvalue weighted by Gasteiger charge is -2.30. The summed E-state index contributed by atoms with van der Waals surface area (Å²) in [6.07, 6.45) is 1.63. The Morgan fingerprint density at radius 1 is 1.16 bits per heavy atom. The van der Waals surface area contributed by atoms with Crippen LogP contribution in [-0.4, -0.2) is 34.0 Å². The minimum absolute atomic E-state index is 0.0174. The second-order valence-corrected chi connectivity index (χ2v) is 8.74. The second kappa shape index (κ2) is 9.62. The summed E-state index contributed by atoms with van der Waals surface area (Å²) in [5.74, 6) is 1.63. The highest BCUT2D eigenvalue weighted by Crippen LogP contribution is 2.26. The van der Waals surface area contributed by atoms with Gasteiger partial charge in [0.1, 0.15) is 0 Å². The molecule has 1 aromatic heterocycles. The van der Waals surface area contributed by atoms with Crippen molar-refractivity contribution < 1.29 is 9.32 Å². The molecule has 0 atom stereocenters. The number of likely N-dealkylation sites (tertiary alicyclic amines) is 1. The van der Waals surface area contributed by atoms with Gasteiger partial charge in [-0.15, -0.1) is 0 Å². The molecule has 3 aromatic rings. The summed E-state index contributed by atoms with van der Waals surface area (Å²) in [6, 6.07) is 15.4. The third-order valence-electron chi connectivity index (χ3n) is 5.73. The third-order valence-corrected chi connectivity index (χ3v) is 5.98. The molecule has 0 spiro atoms. The normalized spacial score (nSPS) is 15.4. The topological polar surface area (TPSA) is 71.3 Å². The van der Waals surface area contributed by atoms with Crippen LogP contribution >= 0.6 is 11.6 Å². The lowest BCUT2D eigenvalue weighted by Crippen LogP contribution is -2.38. The number of halogens is 1. The van der Waals surface area contributed by atoms with Gasteiger partial charge >= 0.3 is 0 Å². The number of benzene rings is 2. The smallest absolute Gasteiger partial charge is 0.241 e. The number of anilines is 1. The van der Waals surface area contributed by atoms with E-state index in [1.165, 1.54) is 5.56 Å². The zero-order valence-electron chi connectivity index (χ0n) is 17.8. The number of hydrogen-bond donors (Lipinski definition) is 1. The fraction of sp³-hybridized carbons (Fsp3) is 0.375. The van der Waals surface area contributed by atoms with Crippen LogP contribution in [0, 0.1) is 5.92 Å². The molecular weight excluding hydrogens is 412 g/mol. The molecule has 1 fully saturated rings. The van der Waals surface area contributed by atoms with Crippen LogP contribution in [0.25, 0.3) is 11.4 Å². The van der Waals surface area contributed by atoms with Crippen LogP contribution in [0.15, 0.2) is 53.1 Å². The van der Waals surface area contributed by atoms with E-state index in [0.29, 0.717) is 29.2 Å². The number of nitrogens with zero attached hydrogens (tertiary/aromatic N) is 3. The van der Waals surface area contributed by atoms with Crippen LogP contribution in [-0.2, 0) is 11.3 Å². The maximum absolute atomic E-state index is 12.8. The van der Waals surface area contributed by atoms with Gasteiger partial charge in [-0.2, -0.15) is 4.98 Å². The van der Waals surface area contributed by atoms with Crippen molar-refractivity contribution in [3.63, 3.8) is 0 Å². The van der Waals surface area contributed by atoms with E-state index >= 15 is 0 Å². The molecule has 1 saturated heterocycles. The summed E-state index contributed by atoms with van der Waals surface area (Å²) >= 11 is 5.93. The van der Waals surface area contributed by atoms with Gasteiger partial charge in [0.05, 0.1) is 6.54 Å². The highest BCUT2D eigenvalue weighted by Gasteiger charge is 2.26. The molecule has 31 heavy (non-hydrogen) atoms. The summed E-state index contributed by atoms with van der Waals surface area (Å²) in [5, 5.41) is 7.89. The quantitative estimate of drug-likeness (QED) is 0.560. The van der Waals surface area contributed by atoms with Gasteiger partial charge in [-0.05, 0) is 67.7 Å². The van der Waals surface area contributed by atoms with Gasteiger partial charge < -0.3 is 9.84 Å². The van der Waals surface area contributed by atoms with Crippen molar-refractivity contribution in [3.05, 3.63) is 65.0 Å². The van der Waals surface area contributed by atoms with E-state index in [1.54, 1.807) is 0 Å². The fourth-order valence-corrected chi connectivity index (χ4v) is 4.05. The maximum atomic E-state index is 12.8. The van der Waals surface area contributed by atoms with Crippen molar-refractivity contribution in [1.82, 2.24) is 15.0 Å². The molecule has 4 rings (SSSR count). The Morgan fingerprint density at radius 3 is 2.58 bits per heavy atom. The number of aromatic nitrogens is 2. The molecule has 7 heteroatoms. The van der Waals surface area contributed by atoms with Gasteiger partial charge in [0.25, 0.3) is 0 Å². The third kappa shape index (κ3) is 5.32. The Balaban J connectivity index is 1.30. The highest BCUT2D eigenvalue weighted by molar-refractivity contribution is 6.30. The van der Waals surface area contributed by atoms with E-state index in [9.17, 15) is 4.79 Å². The molecule has 1 N–H and O–H groups in total. The Bertz CT molecular complexity index is 1020. The summed E-state index contributed by atoms with van der Waals surface area (Å²) in [5.41, 5.74) is 2.96. The van der Waals surface area contributed by atoms with Crippen molar-refractivity contribution in [1.29, 1.82) is 0 Å². The predicted molar refractivity (Wildman–Crippen MR) is 122 cm³/mol. The molecule has 0 unspecified atom stereocenters. The van der Waals surface area contributed by atoms with Crippen LogP contribution in [0.5, 0.6) is 0 Å². The SMILES string of the molecule is CC(C)c1ccccc1NC(=O)C1CCN(Cc2nc(-c3ccc(Cl)cc3)no2)CC1. The maximum Gasteiger partial charge on any atom is 0.241 e. The number of hydrogen-bond acceptors (Lipinski definition) is 5. The second-order valence-electron chi connectivity index (χ2n) is 8.30. The molecule has 2 heterocycles. The predicted octanol–water partition coefficient (Wildman–Crippen LogP) is 5.36. The van der Waals surface area contributed by atoms with Crippen molar-refractivity contribution in [2.24, 2.45) is 5.92 Å². The van der Waals surface area contributed by atoms with Crippen molar-refractivity contribution >= 4 is 23.2 Å². The number of para-hydroxylation sites is 1. The first-order chi connectivity index (χ1) is 15.0. The van der Waals surface area contributed by atoms with E-state index in [4.69, 9.17) is 16.1 Å². The first-order valence-corrected chi connectivity index (χ1v) is 11.1. The van der Waals surface area contributed by atoms with Crippen LogP contribution in [0.4, 0.5) is 5.69 Å². The van der Waals surface area contributed by atoms with E-state index < -0.39 is 0 Å². The first-order valence-electron chi connectivity index (χ1n) is 10.7. The zero-order chi connectivity index (χ0) is 21.8. The summed E-state index contributed by atoms with van der Waals surface area (Å²) < 4.78 is 5.43. The fourth-order valence-electron chi connectivity index (χ4n) is 3.93. The number of carbonyl (C=O) groups excluding carboxylic acids is 1. The monoisotopic (exact) mass is 438 g/mol. The van der Waals surface area contributed by atoms with E-state index in [1.807, 2.05) is 42.5 Å². The lowest BCUT2D eigenvalue weighted by atomic mass is 9.95. The van der Waals surface area contributed by atoms with Gasteiger partial charge in [0, 0.05) is 22.2 Å². The van der Waals surface area contributed by atoms with Crippen LogP contribution < -0.4 is 5.32 Å². The average molecular weight is 439 g/mol. The highest BCUT2D eigenvalue weighted by atomic mass is 35.5.